The summed E-state index contributed by atoms with van der Waals surface area (Å²) in [5.74, 6) is -10.4. The minimum Gasteiger partial charge on any atom is -0.494 e. The Morgan fingerprint density at radius 3 is 1.00 bits per heavy atom. The molecule has 33 heteroatoms. The summed E-state index contributed by atoms with van der Waals surface area (Å²) in [7, 11) is 3.92. The van der Waals surface area contributed by atoms with Crippen LogP contribution in [-0.4, -0.2) is 256 Å². The number of benzene rings is 3. The van der Waals surface area contributed by atoms with Gasteiger partial charge in [0.25, 0.3) is 52.8 Å². The van der Waals surface area contributed by atoms with Gasteiger partial charge in [0.05, 0.1) is 122 Å². The highest BCUT2D eigenvalue weighted by atomic mass is 16.5. The second-order valence-corrected chi connectivity index (χ2v) is 22.9. The molecule has 0 unspecified atom stereocenters. The summed E-state index contributed by atoms with van der Waals surface area (Å²) in [4.78, 5) is 156. The Kier molecular flexibility index (Phi) is 14.5. The SMILES string of the molecule is C.[2H]C1([2H])N(C(=O)C(=O)c2c[nH]c3c(-n4cnc(C)n4)ncc(OC)c23)C([2H])([2H])C([2H])([2H])N(C(=O)c2ccccc2)C1([2H])[2H].[2H]c1c([2H])c(C(=O)N2C([2H])([2H])C([2H])([2H])N(C(=O)C(=O)c3c[nH]c4c(-n5cnc(C)n5)ncc(OC)c34)C([2H])([2H])C2([2H])[2H])c([2H])c([2H])c1C.[2H]c1c([2H])c(C(=O)N2CCN(C(=O)C(=O)c3c[nH]c4c(-n5cnc(C)n5)ncc(OC)c34)CC2)c([2H])c([2H])c1C. The van der Waals surface area contributed by atoms with Gasteiger partial charge in [-0.1, -0.05) is 60.9 Å². The number of H-pyrrole nitrogens is 3. The number of carbonyl (C=O) groups excluding carboxylic acids is 9. The van der Waals surface area contributed by atoms with Gasteiger partial charge >= 0.3 is 0 Å². The maximum Gasteiger partial charge on any atom is 0.295 e. The molecular weight excluding hydrogens is 1390 g/mol. The summed E-state index contributed by atoms with van der Waals surface area (Å²) < 4.78 is 221. The Balaban J connectivity index is 0.000000179. The van der Waals surface area contributed by atoms with Gasteiger partial charge in [-0.2, -0.15) is 15.3 Å². The zero-order chi connectivity index (χ0) is 96.6. The molecule has 12 aromatic rings. The standard InChI is InChI=1S/2C25H25N7O4.C24H23N7O4.CH4/c2*1-15-4-6-17(7-5-15)24(34)30-8-10-31(11-9-30)25(35)22(33)18-12-26-21-20(18)19(36-3)13-27-23(21)32-14-28-16(2)29-32;1-15-27-14-31(28-15)22-20-19(18(35-2)13-26-22)17(12-25-20)21(32)24(34)30-10-8-29(9-11-30)23(33)16-6-4-3-5-7-16;/h2*4-7,12-14,26H,8-11H2,1-3H3;3-7,12-14,25H,8-11H2,1-2H3;1H4/i4D,5D,6D,7D,8D2,9D2,10D2,11D2;4D,5D,6D,7D;8D2,9D2,10D2,11D2;. The quantitative estimate of drug-likeness (QED) is 0.0766. The molecule has 3 saturated heterocycles. The van der Waals surface area contributed by atoms with E-state index < -0.39 is 172 Å². The zero-order valence-corrected chi connectivity index (χ0v) is 57.4. The van der Waals surface area contributed by atoms with Crippen molar-refractivity contribution in [2.45, 2.75) is 42.0 Å². The number of methoxy groups -OCH3 is 3. The van der Waals surface area contributed by atoms with E-state index >= 15 is 0 Å². The van der Waals surface area contributed by atoms with Crippen LogP contribution in [0.25, 0.3) is 50.2 Å². The second-order valence-electron chi connectivity index (χ2n) is 22.9. The van der Waals surface area contributed by atoms with Crippen molar-refractivity contribution in [1.29, 1.82) is 0 Å². The number of nitrogens with one attached hydrogen (secondary N) is 3. The molecule has 12 heterocycles. The average Bonchev–Trinajstić information content (AvgIpc) is 0.964. The minimum atomic E-state index is -3.99. The smallest absolute Gasteiger partial charge is 0.295 e. The number of pyridine rings is 3. The molecule has 33 nitrogen and oxygen atoms in total. The molecule has 9 aromatic heterocycles. The first-order chi connectivity index (χ1) is 61.1. The second kappa shape index (κ2) is 31.8. The number of aromatic amines is 3. The molecule has 3 aromatic carbocycles. The van der Waals surface area contributed by atoms with Gasteiger partial charge in [-0.25, -0.2) is 43.9 Å². The maximum absolute atomic E-state index is 13.8. The Hall–Kier alpha value is -13.6. The van der Waals surface area contributed by atoms with Crippen molar-refractivity contribution in [1.82, 2.24) is 104 Å². The van der Waals surface area contributed by atoms with Gasteiger partial charge in [-0.3, -0.25) is 43.2 Å². The number of fused-ring (bicyclic) bond motifs is 3. The van der Waals surface area contributed by atoms with Gasteiger partial charge in [0, 0.05) is 113 Å². The molecule has 0 aliphatic carbocycles. The number of Topliss-reactive ketones (excluding diaryl/α,β-unsaturated/α-hetero) is 3. The van der Waals surface area contributed by atoms with E-state index in [0.717, 1.165) is 12.4 Å². The Labute approximate surface area is 651 Å². The topological polar surface area (TPSA) is 379 Å². The fourth-order valence-electron chi connectivity index (χ4n) is 10.8. The normalized spacial score (nSPS) is 20.6. The van der Waals surface area contributed by atoms with E-state index in [9.17, 15) is 43.2 Å². The molecule has 3 aliphatic rings. The van der Waals surface area contributed by atoms with Crippen molar-refractivity contribution < 1.29 is 90.3 Å². The molecule has 0 spiro atoms. The highest BCUT2D eigenvalue weighted by Crippen LogP contribution is 2.35. The Bertz CT molecular complexity index is 6650. The first kappa shape index (κ1) is 49.2. The highest BCUT2D eigenvalue weighted by molar-refractivity contribution is 6.46. The van der Waals surface area contributed by atoms with Crippen LogP contribution in [0.2, 0.25) is 0 Å². The van der Waals surface area contributed by atoms with Gasteiger partial charge in [-0.05, 0) is 70.9 Å². The van der Waals surface area contributed by atoms with E-state index in [1.807, 2.05) is 0 Å². The molecule has 0 bridgehead atoms. The van der Waals surface area contributed by atoms with Crippen LogP contribution >= 0.6 is 0 Å². The van der Waals surface area contributed by atoms with Gasteiger partial charge in [0.1, 0.15) is 53.7 Å². The van der Waals surface area contributed by atoms with E-state index in [2.05, 4.69) is 60.2 Å². The van der Waals surface area contributed by atoms with Crippen molar-refractivity contribution >= 4 is 85.5 Å². The van der Waals surface area contributed by atoms with Crippen molar-refractivity contribution in [3.8, 4) is 34.7 Å². The van der Waals surface area contributed by atoms with Crippen LogP contribution in [0.15, 0.2) is 135 Å². The first-order valence-corrected chi connectivity index (χ1v) is 31.7. The first-order valence-electron chi connectivity index (χ1n) is 43.7. The lowest BCUT2D eigenvalue weighted by Gasteiger charge is -2.34. The molecule has 3 fully saturated rings. The van der Waals surface area contributed by atoms with Crippen LogP contribution in [0.4, 0.5) is 0 Å². The van der Waals surface area contributed by atoms with E-state index in [4.69, 9.17) is 47.1 Å². The molecule has 0 saturated carbocycles. The molecule has 0 radical (unpaired) electrons. The fourth-order valence-corrected chi connectivity index (χ4v) is 10.8. The summed E-state index contributed by atoms with van der Waals surface area (Å²) >= 11 is 0. The van der Waals surface area contributed by atoms with Crippen molar-refractivity contribution in [3.63, 3.8) is 0 Å². The number of hydrogen-bond acceptors (Lipinski definition) is 21. The number of nitrogens with zero attached hydrogens (tertiary/aromatic N) is 18. The number of carbonyl (C=O) groups is 9. The lowest BCUT2D eigenvalue weighted by atomic mass is 10.1. The lowest BCUT2D eigenvalue weighted by Crippen LogP contribution is -2.52. The van der Waals surface area contributed by atoms with Crippen LogP contribution in [0.1, 0.15) is 131 Å². The monoisotopic (exact) mass is 1490 g/mol. The highest BCUT2D eigenvalue weighted by Gasteiger charge is 2.36. The van der Waals surface area contributed by atoms with Crippen LogP contribution < -0.4 is 14.2 Å². The number of aromatic nitrogens is 15. The van der Waals surface area contributed by atoms with Gasteiger partial charge in [0.2, 0.25) is 0 Å². The van der Waals surface area contributed by atoms with Crippen LogP contribution in [-0.2, 0) is 14.4 Å². The zero-order valence-electron chi connectivity index (χ0n) is 81.4. The van der Waals surface area contributed by atoms with Crippen LogP contribution in [0, 0.1) is 34.6 Å². The molecular formula is C75H77N21O12. The average molecular weight is 1490 g/mol. The fraction of sp³-hybridized carbons (Fsp3) is 0.280. The van der Waals surface area contributed by atoms with E-state index in [0.29, 0.717) is 39.9 Å². The molecule has 0 atom stereocenters. The van der Waals surface area contributed by atoms with Crippen LogP contribution in [0.3, 0.4) is 0 Å². The molecule has 6 amide bonds. The molecule has 3 aliphatic heterocycles. The van der Waals surface area contributed by atoms with Gasteiger partial charge in [-0.15, -0.1) is 0 Å². The summed E-state index contributed by atoms with van der Waals surface area (Å²) in [5.41, 5.74) is -1.93. The van der Waals surface area contributed by atoms with E-state index in [1.165, 1.54) is 133 Å². The number of hydrogen-bond donors (Lipinski definition) is 3. The number of aryl methyl sites for hydroxylation is 3. The number of ketones is 3. The predicted molar refractivity (Wildman–Crippen MR) is 393 cm³/mol. The number of rotatable bonds is 15. The predicted octanol–water partition coefficient (Wildman–Crippen LogP) is 6.14. The third-order valence-corrected chi connectivity index (χ3v) is 16.1. The summed E-state index contributed by atoms with van der Waals surface area (Å²) in [6.07, 6.45) is 11.5. The van der Waals surface area contributed by atoms with Crippen molar-refractivity contribution in [2.24, 2.45) is 0 Å². The van der Waals surface area contributed by atoms with Crippen LogP contribution in [0.5, 0.6) is 17.2 Å². The minimum absolute atomic E-state index is 0. The summed E-state index contributed by atoms with van der Waals surface area (Å²) in [6.45, 7) is -22.9. The molecule has 554 valence electrons. The molecule has 3 N–H and O–H groups in total. The van der Waals surface area contributed by atoms with Gasteiger partial charge < -0.3 is 58.6 Å². The van der Waals surface area contributed by atoms with Crippen molar-refractivity contribution in [3.05, 3.63) is 197 Å². The molecule has 15 rings (SSSR count). The van der Waals surface area contributed by atoms with E-state index in [-0.39, 0.29) is 123 Å². The summed E-state index contributed by atoms with van der Waals surface area (Å²) in [5, 5.41) is 12.9. The third-order valence-electron chi connectivity index (χ3n) is 16.1. The van der Waals surface area contributed by atoms with E-state index in [1.54, 1.807) is 20.8 Å². The maximum atomic E-state index is 13.8. The number of ether oxygens (including phenoxy) is 3. The van der Waals surface area contributed by atoms with Crippen molar-refractivity contribution in [2.75, 3.05) is 99.5 Å². The lowest BCUT2D eigenvalue weighted by molar-refractivity contribution is -0.128. The Morgan fingerprint density at radius 2 is 0.685 bits per heavy atom. The number of amides is 6. The largest absolute Gasteiger partial charge is 0.494 e. The Morgan fingerprint density at radius 1 is 0.389 bits per heavy atom. The number of piperazine rings is 3. The molecule has 108 heavy (non-hydrogen) atoms. The van der Waals surface area contributed by atoms with Gasteiger partial charge in [0.15, 0.2) is 17.5 Å². The summed E-state index contributed by atoms with van der Waals surface area (Å²) in [6, 6.07) is 1.96. The third kappa shape index (κ3) is 14.9.